The fourth-order valence-electron chi connectivity index (χ4n) is 4.00. The molecule has 156 valence electrons. The van der Waals surface area contributed by atoms with Gasteiger partial charge in [-0.15, -0.1) is 0 Å². The van der Waals surface area contributed by atoms with E-state index in [4.69, 9.17) is 0 Å². The first-order valence-electron chi connectivity index (χ1n) is 9.91. The van der Waals surface area contributed by atoms with Crippen LogP contribution >= 0.6 is 0 Å². The van der Waals surface area contributed by atoms with Gasteiger partial charge in [0, 0.05) is 38.8 Å². The topological polar surface area (TPSA) is 77.9 Å². The van der Waals surface area contributed by atoms with Gasteiger partial charge in [-0.05, 0) is 48.9 Å². The van der Waals surface area contributed by atoms with Crippen LogP contribution in [0.2, 0.25) is 0 Å². The lowest BCUT2D eigenvalue weighted by atomic mass is 9.82. The molecule has 1 fully saturated rings. The summed E-state index contributed by atoms with van der Waals surface area (Å²) in [7, 11) is -1.56. The third kappa shape index (κ3) is 5.36. The SMILES string of the molecule is CN(CCC1CN(S(=O)(=O)c2ccccc2)CCC1CC(=O)O)c1ccccc1. The average Bonchev–Trinajstić information content (AvgIpc) is 2.73. The first kappa shape index (κ1) is 21.3. The number of piperidine rings is 1. The molecule has 0 aromatic heterocycles. The number of carboxylic acids is 1. The van der Waals surface area contributed by atoms with Crippen LogP contribution in [0, 0.1) is 11.8 Å². The van der Waals surface area contributed by atoms with Crippen molar-refractivity contribution in [3.05, 3.63) is 60.7 Å². The zero-order chi connectivity index (χ0) is 20.9. The zero-order valence-corrected chi connectivity index (χ0v) is 17.5. The summed E-state index contributed by atoms with van der Waals surface area (Å²) in [6.07, 6.45) is 1.39. The van der Waals surface area contributed by atoms with E-state index in [0.717, 1.165) is 18.7 Å². The number of carbonyl (C=O) groups is 1. The molecule has 1 aliphatic heterocycles. The van der Waals surface area contributed by atoms with Crippen LogP contribution in [0.1, 0.15) is 19.3 Å². The van der Waals surface area contributed by atoms with E-state index in [-0.39, 0.29) is 23.2 Å². The van der Waals surface area contributed by atoms with Gasteiger partial charge in [-0.1, -0.05) is 36.4 Å². The molecule has 7 heteroatoms. The van der Waals surface area contributed by atoms with Crippen LogP contribution in [0.5, 0.6) is 0 Å². The van der Waals surface area contributed by atoms with Crippen molar-refractivity contribution in [2.45, 2.75) is 24.2 Å². The van der Waals surface area contributed by atoms with Crippen LogP contribution in [-0.2, 0) is 14.8 Å². The van der Waals surface area contributed by atoms with Crippen LogP contribution < -0.4 is 4.90 Å². The minimum absolute atomic E-state index is 0.00417. The quantitative estimate of drug-likeness (QED) is 0.714. The van der Waals surface area contributed by atoms with Gasteiger partial charge in [0.1, 0.15) is 0 Å². The van der Waals surface area contributed by atoms with Gasteiger partial charge < -0.3 is 10.0 Å². The third-order valence-electron chi connectivity index (χ3n) is 5.70. The van der Waals surface area contributed by atoms with Crippen molar-refractivity contribution < 1.29 is 18.3 Å². The lowest BCUT2D eigenvalue weighted by Gasteiger charge is -2.38. The van der Waals surface area contributed by atoms with Gasteiger partial charge in [0.05, 0.1) is 4.90 Å². The van der Waals surface area contributed by atoms with E-state index in [2.05, 4.69) is 4.90 Å². The fourth-order valence-corrected chi connectivity index (χ4v) is 5.53. The lowest BCUT2D eigenvalue weighted by molar-refractivity contribution is -0.138. The summed E-state index contributed by atoms with van der Waals surface area (Å²) in [5.41, 5.74) is 1.09. The van der Waals surface area contributed by atoms with Gasteiger partial charge >= 0.3 is 5.97 Å². The second-order valence-corrected chi connectivity index (χ2v) is 9.57. The van der Waals surface area contributed by atoms with Crippen LogP contribution in [0.15, 0.2) is 65.6 Å². The summed E-state index contributed by atoms with van der Waals surface area (Å²) < 4.78 is 27.6. The molecule has 0 saturated carbocycles. The first-order chi connectivity index (χ1) is 13.9. The number of carboxylic acid groups (broad SMARTS) is 1. The number of sulfonamides is 1. The highest BCUT2D eigenvalue weighted by molar-refractivity contribution is 7.89. The maximum Gasteiger partial charge on any atom is 0.303 e. The van der Waals surface area contributed by atoms with Crippen LogP contribution in [0.3, 0.4) is 0 Å². The summed E-state index contributed by atoms with van der Waals surface area (Å²) in [5.74, 6) is -0.834. The van der Waals surface area contributed by atoms with Crippen LogP contribution in [0.25, 0.3) is 0 Å². The molecule has 0 spiro atoms. The number of benzene rings is 2. The van der Waals surface area contributed by atoms with Crippen molar-refractivity contribution in [2.24, 2.45) is 11.8 Å². The molecule has 29 heavy (non-hydrogen) atoms. The minimum atomic E-state index is -3.57. The highest BCUT2D eigenvalue weighted by atomic mass is 32.2. The van der Waals surface area contributed by atoms with E-state index in [1.165, 1.54) is 4.31 Å². The number of hydrogen-bond acceptors (Lipinski definition) is 4. The van der Waals surface area contributed by atoms with Gasteiger partial charge in [0.2, 0.25) is 10.0 Å². The number of rotatable bonds is 8. The molecule has 1 N–H and O–H groups in total. The Morgan fingerprint density at radius 3 is 2.31 bits per heavy atom. The summed E-state index contributed by atoms with van der Waals surface area (Å²) in [4.78, 5) is 13.7. The Morgan fingerprint density at radius 1 is 1.07 bits per heavy atom. The second kappa shape index (κ2) is 9.41. The van der Waals surface area contributed by atoms with Gasteiger partial charge in [0.15, 0.2) is 0 Å². The van der Waals surface area contributed by atoms with E-state index in [0.29, 0.717) is 19.5 Å². The largest absolute Gasteiger partial charge is 0.481 e. The summed E-state index contributed by atoms with van der Waals surface area (Å²) >= 11 is 0. The number of nitrogens with zero attached hydrogens (tertiary/aromatic N) is 2. The number of anilines is 1. The van der Waals surface area contributed by atoms with Crippen molar-refractivity contribution in [1.82, 2.24) is 4.31 Å². The molecular weight excluding hydrogens is 388 g/mol. The maximum absolute atomic E-state index is 13.0. The predicted molar refractivity (Wildman–Crippen MR) is 113 cm³/mol. The molecule has 1 heterocycles. The number of para-hydroxylation sites is 1. The van der Waals surface area contributed by atoms with E-state index >= 15 is 0 Å². The third-order valence-corrected chi connectivity index (χ3v) is 7.58. The maximum atomic E-state index is 13.0. The molecule has 2 aromatic carbocycles. The highest BCUT2D eigenvalue weighted by Crippen LogP contribution is 2.32. The summed E-state index contributed by atoms with van der Waals surface area (Å²) in [6, 6.07) is 18.4. The smallest absolute Gasteiger partial charge is 0.303 e. The molecule has 3 rings (SSSR count). The molecule has 2 unspecified atom stereocenters. The summed E-state index contributed by atoms with van der Waals surface area (Å²) in [5, 5.41) is 9.30. The Morgan fingerprint density at radius 2 is 1.69 bits per heavy atom. The van der Waals surface area contributed by atoms with Crippen molar-refractivity contribution in [1.29, 1.82) is 0 Å². The minimum Gasteiger partial charge on any atom is -0.481 e. The normalized spacial score (nSPS) is 20.3. The Balaban J connectivity index is 1.72. The van der Waals surface area contributed by atoms with Gasteiger partial charge in [0.25, 0.3) is 0 Å². The second-order valence-electron chi connectivity index (χ2n) is 7.63. The Bertz CT molecular complexity index is 903. The molecule has 1 aliphatic rings. The van der Waals surface area contributed by atoms with Crippen molar-refractivity contribution in [2.75, 3.05) is 31.6 Å². The van der Waals surface area contributed by atoms with Crippen LogP contribution in [-0.4, -0.2) is 50.5 Å². The lowest BCUT2D eigenvalue weighted by Crippen LogP contribution is -2.45. The Labute approximate surface area is 172 Å². The molecule has 0 amide bonds. The van der Waals surface area contributed by atoms with Crippen molar-refractivity contribution in [3.8, 4) is 0 Å². The molecule has 2 atom stereocenters. The van der Waals surface area contributed by atoms with Gasteiger partial charge in [-0.3, -0.25) is 4.79 Å². The van der Waals surface area contributed by atoms with Gasteiger partial charge in [-0.2, -0.15) is 4.31 Å². The highest BCUT2D eigenvalue weighted by Gasteiger charge is 2.36. The average molecular weight is 417 g/mol. The Kier molecular flexibility index (Phi) is 6.92. The predicted octanol–water partition coefficient (Wildman–Crippen LogP) is 3.31. The molecular formula is C22H28N2O4S. The standard InChI is InChI=1S/C22H28N2O4S/c1-23(20-8-4-2-5-9-20)14-12-19-17-24(15-13-18(19)16-22(25)26)29(27,28)21-10-6-3-7-11-21/h2-11,18-19H,12-17H2,1H3,(H,25,26). The van der Waals surface area contributed by atoms with E-state index in [9.17, 15) is 18.3 Å². The van der Waals surface area contributed by atoms with E-state index < -0.39 is 16.0 Å². The fraction of sp³-hybridized carbons (Fsp3) is 0.409. The number of hydrogen-bond donors (Lipinski definition) is 1. The molecule has 0 radical (unpaired) electrons. The molecule has 2 aromatic rings. The van der Waals surface area contributed by atoms with Crippen molar-refractivity contribution >= 4 is 21.7 Å². The molecule has 1 saturated heterocycles. The van der Waals surface area contributed by atoms with E-state index in [1.807, 2.05) is 37.4 Å². The number of aliphatic carboxylic acids is 1. The zero-order valence-electron chi connectivity index (χ0n) is 16.6. The molecule has 0 bridgehead atoms. The molecule has 6 nitrogen and oxygen atoms in total. The van der Waals surface area contributed by atoms with Crippen LogP contribution in [0.4, 0.5) is 5.69 Å². The van der Waals surface area contributed by atoms with Gasteiger partial charge in [-0.25, -0.2) is 8.42 Å². The first-order valence-corrected chi connectivity index (χ1v) is 11.3. The molecule has 0 aliphatic carbocycles. The van der Waals surface area contributed by atoms with E-state index in [1.54, 1.807) is 30.3 Å². The Hall–Kier alpha value is -2.38. The monoisotopic (exact) mass is 416 g/mol. The van der Waals surface area contributed by atoms with Crippen molar-refractivity contribution in [3.63, 3.8) is 0 Å². The summed E-state index contributed by atoms with van der Waals surface area (Å²) in [6.45, 7) is 1.46.